The van der Waals surface area contributed by atoms with Gasteiger partial charge in [0.05, 0.1) is 16.9 Å². The van der Waals surface area contributed by atoms with E-state index in [1.165, 1.54) is 9.94 Å². The Balaban J connectivity index is 1.85. The van der Waals surface area contributed by atoms with Crippen molar-refractivity contribution in [1.29, 1.82) is 0 Å². The zero-order valence-corrected chi connectivity index (χ0v) is 14.2. The van der Waals surface area contributed by atoms with E-state index >= 15 is 0 Å². The van der Waals surface area contributed by atoms with Gasteiger partial charge in [0.2, 0.25) is 0 Å². The van der Waals surface area contributed by atoms with Crippen LogP contribution in [0.1, 0.15) is 10.4 Å². The van der Waals surface area contributed by atoms with Gasteiger partial charge in [0.15, 0.2) is 0 Å². The molecule has 1 N–H and O–H groups in total. The lowest BCUT2D eigenvalue weighted by Crippen LogP contribution is -2.47. The first-order chi connectivity index (χ1) is 11.1. The largest absolute Gasteiger partial charge is 0.353 e. The molecular weight excluding hydrogens is 308 g/mol. The average Bonchev–Trinajstić information content (AvgIpc) is 2.90. The van der Waals surface area contributed by atoms with Crippen molar-refractivity contribution in [1.82, 2.24) is 9.80 Å². The van der Waals surface area contributed by atoms with Gasteiger partial charge in [0.25, 0.3) is 0 Å². The van der Waals surface area contributed by atoms with Crippen LogP contribution in [-0.4, -0.2) is 54.1 Å². The number of piperazine rings is 1. The van der Waals surface area contributed by atoms with Crippen molar-refractivity contribution in [2.24, 2.45) is 4.99 Å². The topological polar surface area (TPSA) is 42.3 Å². The van der Waals surface area contributed by atoms with Gasteiger partial charge in [0.1, 0.15) is 10.8 Å². The lowest BCUT2D eigenvalue weighted by molar-refractivity contribution is 0.216. The Kier molecular flexibility index (Phi) is 3.60. The summed E-state index contributed by atoms with van der Waals surface area (Å²) >= 11 is 1.60. The maximum absolute atomic E-state index is 10.7. The number of benzene rings is 1. The van der Waals surface area contributed by atoms with Crippen molar-refractivity contribution < 1.29 is 5.21 Å². The molecule has 0 atom stereocenters. The first-order valence-electron chi connectivity index (χ1n) is 7.84. The van der Waals surface area contributed by atoms with Gasteiger partial charge in [0, 0.05) is 31.1 Å². The number of rotatable bonds is 0. The molecule has 6 heteroatoms. The van der Waals surface area contributed by atoms with Crippen molar-refractivity contribution in [2.75, 3.05) is 38.3 Å². The fourth-order valence-electron chi connectivity index (χ4n) is 3.10. The minimum absolute atomic E-state index is 0.736. The molecule has 2 aromatic rings. The van der Waals surface area contributed by atoms with E-state index in [4.69, 9.17) is 4.99 Å². The zero-order valence-electron chi connectivity index (χ0n) is 13.4. The normalized spacial score (nSPS) is 18.3. The van der Waals surface area contributed by atoms with E-state index in [1.807, 2.05) is 24.3 Å². The van der Waals surface area contributed by atoms with Crippen LogP contribution in [0.3, 0.4) is 0 Å². The number of nitrogens with zero attached hydrogens (tertiary/aromatic N) is 4. The first-order valence-corrected chi connectivity index (χ1v) is 8.66. The first kappa shape index (κ1) is 14.7. The molecule has 1 fully saturated rings. The van der Waals surface area contributed by atoms with Gasteiger partial charge < -0.3 is 9.80 Å². The van der Waals surface area contributed by atoms with Crippen molar-refractivity contribution in [3.8, 4) is 0 Å². The summed E-state index contributed by atoms with van der Waals surface area (Å²) in [7, 11) is 2.15. The third kappa shape index (κ3) is 2.52. The highest BCUT2D eigenvalue weighted by Crippen LogP contribution is 2.42. The van der Waals surface area contributed by atoms with Crippen molar-refractivity contribution in [3.63, 3.8) is 0 Å². The van der Waals surface area contributed by atoms with Crippen LogP contribution in [0.25, 0.3) is 0 Å². The van der Waals surface area contributed by atoms with Crippen molar-refractivity contribution in [3.05, 3.63) is 40.8 Å². The molecule has 1 aromatic heterocycles. The van der Waals surface area contributed by atoms with Crippen LogP contribution in [0, 0.1) is 6.92 Å². The minimum Gasteiger partial charge on any atom is -0.353 e. The zero-order chi connectivity index (χ0) is 16.0. The molecule has 3 heterocycles. The third-order valence-electron chi connectivity index (χ3n) is 4.41. The Morgan fingerprint density at radius 1 is 1.13 bits per heavy atom. The minimum atomic E-state index is 0.736. The van der Waals surface area contributed by atoms with Gasteiger partial charge in [-0.1, -0.05) is 12.1 Å². The summed E-state index contributed by atoms with van der Waals surface area (Å²) in [5.74, 6) is 0.974. The second-order valence-electron chi connectivity index (χ2n) is 6.10. The molecule has 120 valence electrons. The summed E-state index contributed by atoms with van der Waals surface area (Å²) in [6, 6.07) is 9.88. The molecule has 0 amide bonds. The van der Waals surface area contributed by atoms with Crippen molar-refractivity contribution in [2.45, 2.75) is 6.92 Å². The molecule has 0 spiro atoms. The number of hydrogen-bond acceptors (Lipinski definition) is 6. The summed E-state index contributed by atoms with van der Waals surface area (Å²) < 4.78 is 0. The number of hydrogen-bond donors (Lipinski definition) is 1. The van der Waals surface area contributed by atoms with Gasteiger partial charge in [-0.05, 0) is 32.2 Å². The van der Waals surface area contributed by atoms with Crippen LogP contribution in [0.2, 0.25) is 0 Å². The molecule has 23 heavy (non-hydrogen) atoms. The monoisotopic (exact) mass is 328 g/mol. The molecule has 5 nitrogen and oxygen atoms in total. The number of aliphatic imine (C=N–C) groups is 1. The number of amidine groups is 1. The van der Waals surface area contributed by atoms with E-state index in [9.17, 15) is 5.21 Å². The molecule has 0 bridgehead atoms. The third-order valence-corrected chi connectivity index (χ3v) is 5.43. The van der Waals surface area contributed by atoms with E-state index in [-0.39, 0.29) is 0 Å². The van der Waals surface area contributed by atoms with Gasteiger partial charge in [-0.3, -0.25) is 5.21 Å². The smallest absolute Gasteiger partial charge is 0.139 e. The lowest BCUT2D eigenvalue weighted by atomic mass is 10.2. The molecule has 0 aliphatic carbocycles. The Morgan fingerprint density at radius 3 is 2.65 bits per heavy atom. The Hall–Kier alpha value is -1.89. The fraction of sp³-hybridized carbons (Fsp3) is 0.353. The summed E-state index contributed by atoms with van der Waals surface area (Å²) in [5.41, 5.74) is 2.57. The maximum atomic E-state index is 10.7. The van der Waals surface area contributed by atoms with E-state index in [2.05, 4.69) is 29.8 Å². The maximum Gasteiger partial charge on any atom is 0.139 e. The fourth-order valence-corrected chi connectivity index (χ4v) is 4.03. The second kappa shape index (κ2) is 5.63. The van der Waals surface area contributed by atoms with Gasteiger partial charge in [-0.2, -0.15) is 0 Å². The van der Waals surface area contributed by atoms with Crippen LogP contribution in [-0.2, 0) is 0 Å². The molecule has 0 saturated carbocycles. The molecule has 2 aliphatic heterocycles. The van der Waals surface area contributed by atoms with Gasteiger partial charge >= 0.3 is 0 Å². The molecule has 2 aliphatic rings. The number of aryl methyl sites for hydroxylation is 1. The molecule has 4 rings (SSSR count). The summed E-state index contributed by atoms with van der Waals surface area (Å²) in [6.07, 6.45) is 0. The summed E-state index contributed by atoms with van der Waals surface area (Å²) in [5, 5.41) is 12.8. The second-order valence-corrected chi connectivity index (χ2v) is 7.34. The standard InChI is InChI=1S/C17H20N4OS/c1-12-11-13-16(20-9-7-19(2)8-10-20)18-14-5-3-4-6-15(14)21(22)17(13)23-12/h3-6,11,22H,7-10H2,1-2H3. The lowest BCUT2D eigenvalue weighted by Gasteiger charge is -2.34. The number of para-hydroxylation sites is 2. The number of fused-ring (bicyclic) bond motifs is 2. The molecule has 1 aromatic carbocycles. The van der Waals surface area contributed by atoms with E-state index in [1.54, 1.807) is 11.3 Å². The Bertz CT molecular complexity index is 762. The average molecular weight is 328 g/mol. The van der Waals surface area contributed by atoms with E-state index < -0.39 is 0 Å². The highest BCUT2D eigenvalue weighted by Gasteiger charge is 2.28. The van der Waals surface area contributed by atoms with Gasteiger partial charge in [-0.15, -0.1) is 11.3 Å². The number of anilines is 2. The number of likely N-dealkylation sites (N-methyl/N-ethyl adjacent to an activating group) is 1. The van der Waals surface area contributed by atoms with Crippen LogP contribution < -0.4 is 5.06 Å². The number of thiophene rings is 1. The quantitative estimate of drug-likeness (QED) is 0.806. The van der Waals surface area contributed by atoms with Crippen LogP contribution in [0.15, 0.2) is 35.3 Å². The van der Waals surface area contributed by atoms with E-state index in [0.717, 1.165) is 54.0 Å². The predicted octanol–water partition coefficient (Wildman–Crippen LogP) is 3.22. The molecule has 1 saturated heterocycles. The molecular formula is C17H20N4OS. The van der Waals surface area contributed by atoms with E-state index in [0.29, 0.717) is 0 Å². The summed E-state index contributed by atoms with van der Waals surface area (Å²) in [4.78, 5) is 10.8. The SMILES string of the molecule is Cc1cc2c(s1)N(O)c1ccccc1N=C2N1CCN(C)CC1. The van der Waals surface area contributed by atoms with Crippen LogP contribution in [0.5, 0.6) is 0 Å². The summed E-state index contributed by atoms with van der Waals surface area (Å²) in [6.45, 7) is 6.04. The Labute approximate surface area is 140 Å². The van der Waals surface area contributed by atoms with Crippen LogP contribution >= 0.6 is 11.3 Å². The molecule has 0 radical (unpaired) electrons. The highest BCUT2D eigenvalue weighted by molar-refractivity contribution is 7.16. The Morgan fingerprint density at radius 2 is 1.87 bits per heavy atom. The van der Waals surface area contributed by atoms with Gasteiger partial charge in [-0.25, -0.2) is 10.1 Å². The van der Waals surface area contributed by atoms with Crippen LogP contribution in [0.4, 0.5) is 16.4 Å². The predicted molar refractivity (Wildman–Crippen MR) is 94.7 cm³/mol. The van der Waals surface area contributed by atoms with Crippen molar-refractivity contribution >= 4 is 33.5 Å². The highest BCUT2D eigenvalue weighted by atomic mass is 32.1. The molecule has 0 unspecified atom stereocenters.